The number of piperidine rings is 1. The SMILES string of the molecule is CC(CNc1cncc2nnnn12)N1CCCCC1. The van der Waals surface area contributed by atoms with Crippen LogP contribution in [-0.2, 0) is 0 Å². The number of anilines is 1. The summed E-state index contributed by atoms with van der Waals surface area (Å²) in [4.78, 5) is 6.67. The van der Waals surface area contributed by atoms with E-state index in [2.05, 4.69) is 37.6 Å². The number of nitrogens with one attached hydrogen (secondary N) is 1. The van der Waals surface area contributed by atoms with Crippen LogP contribution in [0.4, 0.5) is 5.82 Å². The number of hydrogen-bond acceptors (Lipinski definition) is 6. The molecular weight excluding hydrogens is 242 g/mol. The third-order valence-electron chi connectivity index (χ3n) is 3.70. The maximum Gasteiger partial charge on any atom is 0.199 e. The van der Waals surface area contributed by atoms with Gasteiger partial charge in [0.25, 0.3) is 0 Å². The van der Waals surface area contributed by atoms with Crippen molar-refractivity contribution >= 4 is 11.5 Å². The lowest BCUT2D eigenvalue weighted by Crippen LogP contribution is -2.41. The van der Waals surface area contributed by atoms with Gasteiger partial charge in [0.2, 0.25) is 0 Å². The summed E-state index contributed by atoms with van der Waals surface area (Å²) in [7, 11) is 0. The zero-order valence-electron chi connectivity index (χ0n) is 11.2. The molecule has 19 heavy (non-hydrogen) atoms. The predicted molar refractivity (Wildman–Crippen MR) is 72.0 cm³/mol. The molecule has 0 aromatic carbocycles. The molecule has 1 unspecified atom stereocenters. The van der Waals surface area contributed by atoms with Crippen LogP contribution in [0.5, 0.6) is 0 Å². The average Bonchev–Trinajstić information content (AvgIpc) is 2.94. The van der Waals surface area contributed by atoms with Crippen molar-refractivity contribution in [2.75, 3.05) is 25.0 Å². The summed E-state index contributed by atoms with van der Waals surface area (Å²) in [6.45, 7) is 5.54. The Bertz CT molecular complexity index is 532. The van der Waals surface area contributed by atoms with E-state index in [1.54, 1.807) is 16.9 Å². The van der Waals surface area contributed by atoms with Gasteiger partial charge in [0.15, 0.2) is 5.65 Å². The second-order valence-corrected chi connectivity index (χ2v) is 5.07. The van der Waals surface area contributed by atoms with E-state index in [1.807, 2.05) is 0 Å². The van der Waals surface area contributed by atoms with Crippen molar-refractivity contribution in [3.63, 3.8) is 0 Å². The molecule has 0 radical (unpaired) electrons. The Morgan fingerprint density at radius 1 is 1.26 bits per heavy atom. The van der Waals surface area contributed by atoms with E-state index >= 15 is 0 Å². The number of tetrazole rings is 1. The summed E-state index contributed by atoms with van der Waals surface area (Å²) in [5, 5.41) is 14.9. The standard InChI is InChI=1S/C12H19N7/c1-10(18-5-3-2-4-6-18)7-14-11-8-13-9-12-15-16-17-19(11)12/h8-10,14H,2-7H2,1H3. The molecule has 2 aromatic rings. The molecule has 1 aliphatic rings. The van der Waals surface area contributed by atoms with Crippen LogP contribution in [0.2, 0.25) is 0 Å². The Morgan fingerprint density at radius 2 is 2.11 bits per heavy atom. The fourth-order valence-corrected chi connectivity index (χ4v) is 2.54. The predicted octanol–water partition coefficient (Wildman–Crippen LogP) is 0.806. The van der Waals surface area contributed by atoms with E-state index in [-0.39, 0.29) is 0 Å². The molecule has 1 saturated heterocycles. The van der Waals surface area contributed by atoms with Crippen molar-refractivity contribution in [2.45, 2.75) is 32.2 Å². The van der Waals surface area contributed by atoms with Gasteiger partial charge < -0.3 is 5.32 Å². The first-order valence-corrected chi connectivity index (χ1v) is 6.84. The monoisotopic (exact) mass is 261 g/mol. The molecule has 3 rings (SSSR count). The molecule has 1 N–H and O–H groups in total. The highest BCUT2D eigenvalue weighted by molar-refractivity contribution is 5.43. The highest BCUT2D eigenvalue weighted by Crippen LogP contribution is 2.13. The molecule has 102 valence electrons. The molecule has 0 amide bonds. The van der Waals surface area contributed by atoms with Gasteiger partial charge in [-0.05, 0) is 43.3 Å². The van der Waals surface area contributed by atoms with Crippen molar-refractivity contribution in [3.8, 4) is 0 Å². The van der Waals surface area contributed by atoms with Gasteiger partial charge in [-0.2, -0.15) is 4.52 Å². The fourth-order valence-electron chi connectivity index (χ4n) is 2.54. The van der Waals surface area contributed by atoms with Gasteiger partial charge >= 0.3 is 0 Å². The minimum absolute atomic E-state index is 0.507. The van der Waals surface area contributed by atoms with Crippen molar-refractivity contribution < 1.29 is 0 Å². The van der Waals surface area contributed by atoms with Crippen molar-refractivity contribution in [2.24, 2.45) is 0 Å². The first-order valence-electron chi connectivity index (χ1n) is 6.84. The lowest BCUT2D eigenvalue weighted by atomic mass is 10.1. The van der Waals surface area contributed by atoms with E-state index in [9.17, 15) is 0 Å². The lowest BCUT2D eigenvalue weighted by molar-refractivity contribution is 0.180. The first-order chi connectivity index (χ1) is 9.34. The van der Waals surface area contributed by atoms with Crippen LogP contribution in [0.25, 0.3) is 5.65 Å². The normalized spacial score (nSPS) is 18.6. The van der Waals surface area contributed by atoms with E-state index < -0.39 is 0 Å². The van der Waals surface area contributed by atoms with Crippen LogP contribution < -0.4 is 5.32 Å². The molecule has 0 bridgehead atoms. The average molecular weight is 261 g/mol. The summed E-state index contributed by atoms with van der Waals surface area (Å²) in [5.41, 5.74) is 0.663. The minimum atomic E-state index is 0.507. The molecular formula is C12H19N7. The van der Waals surface area contributed by atoms with Crippen molar-refractivity contribution in [3.05, 3.63) is 12.4 Å². The van der Waals surface area contributed by atoms with Crippen LogP contribution in [-0.4, -0.2) is 55.6 Å². The third-order valence-corrected chi connectivity index (χ3v) is 3.70. The molecule has 1 fully saturated rings. The van der Waals surface area contributed by atoms with Crippen LogP contribution >= 0.6 is 0 Å². The maximum atomic E-state index is 4.14. The highest BCUT2D eigenvalue weighted by Gasteiger charge is 2.16. The molecule has 7 nitrogen and oxygen atoms in total. The van der Waals surface area contributed by atoms with Crippen molar-refractivity contribution in [1.29, 1.82) is 0 Å². The van der Waals surface area contributed by atoms with E-state index in [0.717, 1.165) is 12.4 Å². The summed E-state index contributed by atoms with van der Waals surface area (Å²) in [6.07, 6.45) is 7.40. The van der Waals surface area contributed by atoms with Crippen LogP contribution in [0.1, 0.15) is 26.2 Å². The number of rotatable bonds is 4. The zero-order valence-corrected chi connectivity index (χ0v) is 11.2. The molecule has 7 heteroatoms. The second-order valence-electron chi connectivity index (χ2n) is 5.07. The van der Waals surface area contributed by atoms with Gasteiger partial charge in [-0.25, -0.2) is 0 Å². The van der Waals surface area contributed by atoms with Gasteiger partial charge in [-0.1, -0.05) is 6.42 Å². The number of fused-ring (bicyclic) bond motifs is 1. The van der Waals surface area contributed by atoms with Gasteiger partial charge in [-0.15, -0.1) is 5.10 Å². The molecule has 1 aliphatic heterocycles. The number of aromatic nitrogens is 5. The lowest BCUT2D eigenvalue weighted by Gasteiger charge is -2.32. The molecule has 0 spiro atoms. The fraction of sp³-hybridized carbons (Fsp3) is 0.667. The summed E-state index contributed by atoms with van der Waals surface area (Å²) in [5.74, 6) is 0.839. The topological polar surface area (TPSA) is 71.2 Å². The summed E-state index contributed by atoms with van der Waals surface area (Å²) >= 11 is 0. The molecule has 0 saturated carbocycles. The Hall–Kier alpha value is -1.76. The summed E-state index contributed by atoms with van der Waals surface area (Å²) in [6, 6.07) is 0.507. The molecule has 0 aliphatic carbocycles. The second kappa shape index (κ2) is 5.48. The van der Waals surface area contributed by atoms with Crippen LogP contribution in [0, 0.1) is 0 Å². The van der Waals surface area contributed by atoms with E-state index in [4.69, 9.17) is 0 Å². The number of hydrogen-bond donors (Lipinski definition) is 1. The van der Waals surface area contributed by atoms with Gasteiger partial charge in [0, 0.05) is 12.6 Å². The molecule has 3 heterocycles. The Morgan fingerprint density at radius 3 is 2.95 bits per heavy atom. The van der Waals surface area contributed by atoms with Crippen LogP contribution in [0.15, 0.2) is 12.4 Å². The molecule has 2 aromatic heterocycles. The minimum Gasteiger partial charge on any atom is -0.367 e. The van der Waals surface area contributed by atoms with E-state index in [1.165, 1.54) is 32.4 Å². The largest absolute Gasteiger partial charge is 0.367 e. The van der Waals surface area contributed by atoms with Crippen LogP contribution in [0.3, 0.4) is 0 Å². The first kappa shape index (κ1) is 12.3. The van der Waals surface area contributed by atoms with Gasteiger partial charge in [0.05, 0.1) is 12.4 Å². The number of nitrogens with zero attached hydrogens (tertiary/aromatic N) is 6. The third kappa shape index (κ3) is 2.65. The quantitative estimate of drug-likeness (QED) is 0.878. The maximum absolute atomic E-state index is 4.14. The zero-order chi connectivity index (χ0) is 13.1. The highest BCUT2D eigenvalue weighted by atomic mass is 15.5. The Balaban J connectivity index is 1.63. The summed E-state index contributed by atoms with van der Waals surface area (Å²) < 4.78 is 1.68. The Labute approximate surface area is 112 Å². The number of likely N-dealkylation sites (tertiary alicyclic amines) is 1. The van der Waals surface area contributed by atoms with Gasteiger partial charge in [0.1, 0.15) is 5.82 Å². The smallest absolute Gasteiger partial charge is 0.199 e. The Kier molecular flexibility index (Phi) is 3.54. The van der Waals surface area contributed by atoms with Gasteiger partial charge in [-0.3, -0.25) is 9.88 Å². The van der Waals surface area contributed by atoms with E-state index in [0.29, 0.717) is 11.7 Å². The molecule has 1 atom stereocenters. The van der Waals surface area contributed by atoms with Crippen molar-refractivity contribution in [1.82, 2.24) is 29.9 Å².